The summed E-state index contributed by atoms with van der Waals surface area (Å²) in [6.45, 7) is 2.65. The van der Waals surface area contributed by atoms with Gasteiger partial charge in [0.15, 0.2) is 0 Å². The summed E-state index contributed by atoms with van der Waals surface area (Å²) in [5.74, 6) is 2.35. The molecule has 0 radical (unpaired) electrons. The maximum atomic E-state index is 9.07. The highest BCUT2D eigenvalue weighted by atomic mass is 16.5. The zero-order chi connectivity index (χ0) is 17.9. The number of aliphatic hydroxyl groups excluding tert-OH is 1. The van der Waals surface area contributed by atoms with Gasteiger partial charge < -0.3 is 20.1 Å². The SMILES string of the molecule is CN(Cc1cc(C2CC2)n[nH]1)c1cc([C@@H]2CCOC2)nc(NCCO)n1. The van der Waals surface area contributed by atoms with Crippen LogP contribution in [-0.2, 0) is 11.3 Å². The van der Waals surface area contributed by atoms with Gasteiger partial charge in [0, 0.05) is 38.1 Å². The third-order valence-electron chi connectivity index (χ3n) is 4.92. The van der Waals surface area contributed by atoms with Gasteiger partial charge in [-0.25, -0.2) is 4.98 Å². The predicted octanol–water partition coefficient (Wildman–Crippen LogP) is 1.62. The van der Waals surface area contributed by atoms with Crippen LogP contribution >= 0.6 is 0 Å². The standard InChI is InChI=1S/C18H26N6O2/c1-24(10-14-8-16(23-22-14)12-2-3-12)17-9-15(13-4-7-26-11-13)20-18(21-17)19-5-6-25/h8-9,12-13,25H,2-7,10-11H2,1H3,(H,22,23)(H,19,20,21)/t13-/m1/s1. The minimum Gasteiger partial charge on any atom is -0.395 e. The Hall–Kier alpha value is -2.19. The Labute approximate surface area is 153 Å². The van der Waals surface area contributed by atoms with Crippen molar-refractivity contribution < 1.29 is 9.84 Å². The van der Waals surface area contributed by atoms with Crippen LogP contribution in [0.25, 0.3) is 0 Å². The Morgan fingerprint density at radius 3 is 2.85 bits per heavy atom. The largest absolute Gasteiger partial charge is 0.395 e. The van der Waals surface area contributed by atoms with Gasteiger partial charge in [-0.1, -0.05) is 0 Å². The van der Waals surface area contributed by atoms with Crippen LogP contribution in [0.15, 0.2) is 12.1 Å². The van der Waals surface area contributed by atoms with Gasteiger partial charge in [0.25, 0.3) is 0 Å². The molecule has 1 saturated heterocycles. The van der Waals surface area contributed by atoms with Gasteiger partial charge in [-0.2, -0.15) is 10.1 Å². The van der Waals surface area contributed by atoms with Crippen LogP contribution in [0.5, 0.6) is 0 Å². The van der Waals surface area contributed by atoms with Crippen LogP contribution in [0.4, 0.5) is 11.8 Å². The molecule has 0 unspecified atom stereocenters. The Morgan fingerprint density at radius 2 is 2.12 bits per heavy atom. The average Bonchev–Trinajstić information content (AvgIpc) is 3.16. The van der Waals surface area contributed by atoms with Crippen molar-refractivity contribution in [2.45, 2.75) is 37.6 Å². The van der Waals surface area contributed by atoms with Crippen LogP contribution in [0.3, 0.4) is 0 Å². The summed E-state index contributed by atoms with van der Waals surface area (Å²) in [4.78, 5) is 11.3. The van der Waals surface area contributed by atoms with Gasteiger partial charge >= 0.3 is 0 Å². The second kappa shape index (κ2) is 7.59. The molecule has 26 heavy (non-hydrogen) atoms. The molecule has 1 aliphatic carbocycles. The van der Waals surface area contributed by atoms with Crippen molar-refractivity contribution in [2.24, 2.45) is 0 Å². The average molecular weight is 358 g/mol. The lowest BCUT2D eigenvalue weighted by atomic mass is 10.0. The van der Waals surface area contributed by atoms with E-state index in [0.717, 1.165) is 30.2 Å². The number of ether oxygens (including phenoxy) is 1. The lowest BCUT2D eigenvalue weighted by Crippen LogP contribution is -2.20. The minimum absolute atomic E-state index is 0.0450. The quantitative estimate of drug-likeness (QED) is 0.659. The molecule has 0 amide bonds. The van der Waals surface area contributed by atoms with E-state index in [4.69, 9.17) is 9.84 Å². The summed E-state index contributed by atoms with van der Waals surface area (Å²) >= 11 is 0. The third-order valence-corrected chi connectivity index (χ3v) is 4.92. The summed E-state index contributed by atoms with van der Waals surface area (Å²) in [7, 11) is 2.02. The molecule has 4 rings (SSSR count). The Bertz CT molecular complexity index is 739. The van der Waals surface area contributed by atoms with Crippen molar-refractivity contribution in [3.05, 3.63) is 29.2 Å². The highest BCUT2D eigenvalue weighted by Crippen LogP contribution is 2.39. The number of aromatic nitrogens is 4. The zero-order valence-electron chi connectivity index (χ0n) is 15.1. The van der Waals surface area contributed by atoms with Crippen molar-refractivity contribution >= 4 is 11.8 Å². The van der Waals surface area contributed by atoms with E-state index in [-0.39, 0.29) is 6.61 Å². The number of hydrogen-bond acceptors (Lipinski definition) is 7. The number of nitrogens with zero attached hydrogens (tertiary/aromatic N) is 4. The smallest absolute Gasteiger partial charge is 0.224 e. The maximum Gasteiger partial charge on any atom is 0.224 e. The van der Waals surface area contributed by atoms with E-state index in [1.54, 1.807) is 0 Å². The number of anilines is 2. The fourth-order valence-corrected chi connectivity index (χ4v) is 3.26. The van der Waals surface area contributed by atoms with Gasteiger partial charge in [0.2, 0.25) is 5.95 Å². The van der Waals surface area contributed by atoms with Crippen molar-refractivity contribution in [1.29, 1.82) is 0 Å². The first-order valence-corrected chi connectivity index (χ1v) is 9.29. The number of hydrogen-bond donors (Lipinski definition) is 3. The highest BCUT2D eigenvalue weighted by molar-refractivity contribution is 5.45. The van der Waals surface area contributed by atoms with Crippen LogP contribution in [-0.4, -0.2) is 58.7 Å². The van der Waals surface area contributed by atoms with E-state index in [0.29, 0.717) is 37.5 Å². The molecule has 0 bridgehead atoms. The molecule has 2 aromatic heterocycles. The molecule has 2 aromatic rings. The van der Waals surface area contributed by atoms with Gasteiger partial charge in [-0.15, -0.1) is 0 Å². The van der Waals surface area contributed by atoms with Crippen LogP contribution in [0.2, 0.25) is 0 Å². The van der Waals surface area contributed by atoms with Crippen LogP contribution < -0.4 is 10.2 Å². The van der Waals surface area contributed by atoms with Gasteiger partial charge in [-0.3, -0.25) is 5.10 Å². The third kappa shape index (κ3) is 3.96. The molecule has 1 aliphatic heterocycles. The summed E-state index contributed by atoms with van der Waals surface area (Å²) in [6, 6.07) is 4.20. The second-order valence-corrected chi connectivity index (χ2v) is 7.13. The molecule has 3 heterocycles. The van der Waals surface area contributed by atoms with Crippen LogP contribution in [0, 0.1) is 0 Å². The van der Waals surface area contributed by atoms with E-state index in [1.807, 2.05) is 13.1 Å². The number of aromatic amines is 1. The van der Waals surface area contributed by atoms with Crippen molar-refractivity contribution in [2.75, 3.05) is 43.6 Å². The minimum atomic E-state index is 0.0450. The summed E-state index contributed by atoms with van der Waals surface area (Å²) < 4.78 is 5.51. The monoisotopic (exact) mass is 358 g/mol. The molecule has 1 saturated carbocycles. The number of nitrogens with one attached hydrogen (secondary N) is 2. The Balaban J connectivity index is 1.52. The molecule has 0 aromatic carbocycles. The van der Waals surface area contributed by atoms with Crippen molar-refractivity contribution in [3.8, 4) is 0 Å². The van der Waals surface area contributed by atoms with E-state index in [2.05, 4.69) is 36.4 Å². The van der Waals surface area contributed by atoms with Gasteiger partial charge in [-0.05, 0) is 25.3 Å². The van der Waals surface area contributed by atoms with Gasteiger partial charge in [0.05, 0.1) is 36.8 Å². The van der Waals surface area contributed by atoms with E-state index >= 15 is 0 Å². The van der Waals surface area contributed by atoms with Gasteiger partial charge in [0.1, 0.15) is 5.82 Å². The fourth-order valence-electron chi connectivity index (χ4n) is 3.26. The molecule has 2 aliphatic rings. The molecule has 1 atom stereocenters. The molecular formula is C18H26N6O2. The van der Waals surface area contributed by atoms with Crippen molar-refractivity contribution in [3.63, 3.8) is 0 Å². The second-order valence-electron chi connectivity index (χ2n) is 7.13. The first-order chi connectivity index (χ1) is 12.7. The predicted molar refractivity (Wildman–Crippen MR) is 98.5 cm³/mol. The lowest BCUT2D eigenvalue weighted by molar-refractivity contribution is 0.193. The highest BCUT2D eigenvalue weighted by Gasteiger charge is 2.26. The number of aliphatic hydroxyl groups is 1. The molecule has 3 N–H and O–H groups in total. The molecule has 0 spiro atoms. The molecule has 8 nitrogen and oxygen atoms in total. The molecule has 2 fully saturated rings. The topological polar surface area (TPSA) is 99.2 Å². The fraction of sp³-hybridized carbons (Fsp3) is 0.611. The number of H-pyrrole nitrogens is 1. The first-order valence-electron chi connectivity index (χ1n) is 9.29. The van der Waals surface area contributed by atoms with E-state index in [1.165, 1.54) is 18.5 Å². The Kier molecular flexibility index (Phi) is 5.03. The molecular weight excluding hydrogens is 332 g/mol. The molecule has 140 valence electrons. The van der Waals surface area contributed by atoms with Crippen molar-refractivity contribution in [1.82, 2.24) is 20.2 Å². The zero-order valence-corrected chi connectivity index (χ0v) is 15.1. The Morgan fingerprint density at radius 1 is 1.23 bits per heavy atom. The number of rotatable bonds is 8. The van der Waals surface area contributed by atoms with E-state index in [9.17, 15) is 0 Å². The normalized spacial score (nSPS) is 19.7. The molecule has 8 heteroatoms. The summed E-state index contributed by atoms with van der Waals surface area (Å²) in [6.07, 6.45) is 3.47. The van der Waals surface area contributed by atoms with E-state index < -0.39 is 0 Å². The summed E-state index contributed by atoms with van der Waals surface area (Å²) in [5, 5.41) is 19.7. The summed E-state index contributed by atoms with van der Waals surface area (Å²) in [5.41, 5.74) is 3.25. The maximum absolute atomic E-state index is 9.07. The van der Waals surface area contributed by atoms with Crippen LogP contribution in [0.1, 0.15) is 48.2 Å². The lowest BCUT2D eigenvalue weighted by Gasteiger charge is -2.20. The first kappa shape index (κ1) is 17.2.